The highest BCUT2D eigenvalue weighted by atomic mass is 32.2. The minimum absolute atomic E-state index is 0.101. The number of hydrogen-bond acceptors (Lipinski definition) is 7. The van der Waals surface area contributed by atoms with E-state index in [2.05, 4.69) is 24.8 Å². The Labute approximate surface area is 203 Å². The Balaban J connectivity index is 1.80. The van der Waals surface area contributed by atoms with E-state index in [0.717, 1.165) is 35.1 Å². The number of fused-ring (bicyclic) bond motifs is 1. The van der Waals surface area contributed by atoms with Gasteiger partial charge in [-0.3, -0.25) is 4.98 Å². The molecule has 0 aliphatic heterocycles. The third-order valence-electron chi connectivity index (χ3n) is 4.95. The van der Waals surface area contributed by atoms with E-state index in [-0.39, 0.29) is 33.2 Å². The highest BCUT2D eigenvalue weighted by molar-refractivity contribution is 7.91. The van der Waals surface area contributed by atoms with E-state index < -0.39 is 45.9 Å². The minimum Gasteiger partial charge on any atom is -0.428 e. The zero-order valence-corrected chi connectivity index (χ0v) is 19.2. The van der Waals surface area contributed by atoms with Crippen LogP contribution in [0.2, 0.25) is 0 Å². The first kappa shape index (κ1) is 26.2. The second-order valence-corrected chi connectivity index (χ2v) is 9.70. The Morgan fingerprint density at radius 2 is 1.76 bits per heavy atom. The summed E-state index contributed by atoms with van der Waals surface area (Å²) in [5.74, 6) is -2.90. The van der Waals surface area contributed by atoms with Gasteiger partial charge in [0.05, 0.1) is 16.3 Å². The fourth-order valence-corrected chi connectivity index (χ4v) is 4.23. The predicted octanol–water partition coefficient (Wildman–Crippen LogP) is 4.90. The topological polar surface area (TPSA) is 99.3 Å². The van der Waals surface area contributed by atoms with Crippen molar-refractivity contribution in [1.29, 1.82) is 0 Å². The third kappa shape index (κ3) is 5.33. The Morgan fingerprint density at radius 1 is 1.03 bits per heavy atom. The molecule has 4 aromatic rings. The lowest BCUT2D eigenvalue weighted by molar-refractivity contribution is -0.253. The molecule has 0 atom stereocenters. The van der Waals surface area contributed by atoms with Crippen LogP contribution < -0.4 is 4.74 Å². The highest BCUT2D eigenvalue weighted by Crippen LogP contribution is 2.34. The summed E-state index contributed by atoms with van der Waals surface area (Å²) in [6, 6.07) is 6.97. The molecule has 3 heterocycles. The average Bonchev–Trinajstić information content (AvgIpc) is 3.28. The summed E-state index contributed by atoms with van der Waals surface area (Å²) in [6.07, 6.45) is -11.4. The molecule has 0 saturated carbocycles. The fourth-order valence-electron chi connectivity index (χ4n) is 3.16. The lowest BCUT2D eigenvalue weighted by Crippen LogP contribution is -2.33. The number of ether oxygens (including phenoxy) is 1. The van der Waals surface area contributed by atoms with Crippen molar-refractivity contribution in [2.24, 2.45) is 0 Å². The number of pyridine rings is 1. The smallest absolute Gasteiger partial charge is 0.428 e. The fraction of sp³-hybridized carbons (Fsp3) is 0.238. The van der Waals surface area contributed by atoms with Gasteiger partial charge in [-0.15, -0.1) is 5.10 Å². The molecule has 1 aromatic carbocycles. The van der Waals surface area contributed by atoms with Crippen LogP contribution in [0.3, 0.4) is 0 Å². The molecule has 0 unspecified atom stereocenters. The number of benzene rings is 1. The molecule has 0 radical (unpaired) electrons. The van der Waals surface area contributed by atoms with Crippen molar-refractivity contribution in [3.8, 4) is 28.3 Å². The van der Waals surface area contributed by atoms with Crippen LogP contribution in [-0.2, 0) is 16.0 Å². The van der Waals surface area contributed by atoms with E-state index in [1.807, 2.05) is 0 Å². The molecule has 37 heavy (non-hydrogen) atoms. The SMILES string of the molecule is CCS(=O)(=O)c1cc(-c2cccc(OC(F)(F)C(F)F)c2)cnc1-c1ccn2nc(C(F)(F)F)nc2n1. The van der Waals surface area contributed by atoms with Gasteiger partial charge < -0.3 is 4.74 Å². The molecule has 0 fully saturated rings. The van der Waals surface area contributed by atoms with E-state index >= 15 is 0 Å². The second-order valence-electron chi connectivity index (χ2n) is 7.46. The molecule has 0 saturated heterocycles. The van der Waals surface area contributed by atoms with Crippen LogP contribution in [0, 0.1) is 0 Å². The molecule has 0 amide bonds. The van der Waals surface area contributed by atoms with Crippen LogP contribution in [0.5, 0.6) is 5.75 Å². The summed E-state index contributed by atoms with van der Waals surface area (Å²) in [4.78, 5) is 11.0. The van der Waals surface area contributed by atoms with Gasteiger partial charge in [0.2, 0.25) is 0 Å². The van der Waals surface area contributed by atoms with Crippen molar-refractivity contribution in [2.75, 3.05) is 5.75 Å². The molecule has 3 aromatic heterocycles. The maximum Gasteiger partial charge on any atom is 0.461 e. The number of halogens is 7. The maximum absolute atomic E-state index is 13.3. The Bertz CT molecular complexity index is 1570. The van der Waals surface area contributed by atoms with E-state index in [1.165, 1.54) is 25.1 Å². The predicted molar refractivity (Wildman–Crippen MR) is 114 cm³/mol. The van der Waals surface area contributed by atoms with Crippen molar-refractivity contribution in [3.05, 3.63) is 54.6 Å². The molecule has 0 aliphatic carbocycles. The average molecular weight is 549 g/mol. The molecule has 196 valence electrons. The molecule has 8 nitrogen and oxygen atoms in total. The van der Waals surface area contributed by atoms with Crippen molar-refractivity contribution < 1.29 is 43.9 Å². The van der Waals surface area contributed by atoms with Gasteiger partial charge in [-0.1, -0.05) is 19.1 Å². The number of alkyl halides is 7. The molecule has 4 rings (SSSR count). The Kier molecular flexibility index (Phi) is 6.56. The summed E-state index contributed by atoms with van der Waals surface area (Å²) in [7, 11) is -4.00. The minimum atomic E-state index is -4.83. The van der Waals surface area contributed by atoms with Crippen LogP contribution >= 0.6 is 0 Å². The van der Waals surface area contributed by atoms with Crippen LogP contribution in [-0.4, -0.2) is 51.3 Å². The normalized spacial score (nSPS) is 12.9. The Hall–Kier alpha value is -3.82. The molecule has 0 aliphatic rings. The van der Waals surface area contributed by atoms with Gasteiger partial charge in [-0.25, -0.2) is 17.9 Å². The summed E-state index contributed by atoms with van der Waals surface area (Å²) >= 11 is 0. The van der Waals surface area contributed by atoms with Crippen LogP contribution in [0.25, 0.3) is 28.3 Å². The second kappa shape index (κ2) is 9.24. The van der Waals surface area contributed by atoms with Gasteiger partial charge in [0.1, 0.15) is 11.4 Å². The van der Waals surface area contributed by atoms with Crippen molar-refractivity contribution in [2.45, 2.75) is 30.5 Å². The van der Waals surface area contributed by atoms with Crippen LogP contribution in [0.15, 0.2) is 53.7 Å². The summed E-state index contributed by atoms with van der Waals surface area (Å²) in [6.45, 7) is 1.34. The van der Waals surface area contributed by atoms with Crippen LogP contribution in [0.4, 0.5) is 30.7 Å². The summed E-state index contributed by atoms with van der Waals surface area (Å²) in [5.41, 5.74) is -0.114. The van der Waals surface area contributed by atoms with Gasteiger partial charge in [0.15, 0.2) is 9.84 Å². The van der Waals surface area contributed by atoms with E-state index in [0.29, 0.717) is 0 Å². The first-order valence-corrected chi connectivity index (χ1v) is 11.9. The van der Waals surface area contributed by atoms with Crippen molar-refractivity contribution >= 4 is 15.6 Å². The maximum atomic E-state index is 13.3. The largest absolute Gasteiger partial charge is 0.461 e. The number of hydrogen-bond donors (Lipinski definition) is 0. The number of sulfone groups is 1. The van der Waals surface area contributed by atoms with Crippen LogP contribution in [0.1, 0.15) is 12.7 Å². The lowest BCUT2D eigenvalue weighted by Gasteiger charge is -2.17. The number of rotatable bonds is 7. The zero-order valence-electron chi connectivity index (χ0n) is 18.4. The van der Waals surface area contributed by atoms with E-state index in [9.17, 15) is 39.2 Å². The summed E-state index contributed by atoms with van der Waals surface area (Å²) < 4.78 is 121. The van der Waals surface area contributed by atoms with E-state index in [1.54, 1.807) is 0 Å². The zero-order chi connectivity index (χ0) is 27.2. The van der Waals surface area contributed by atoms with Gasteiger partial charge in [0, 0.05) is 18.0 Å². The van der Waals surface area contributed by atoms with Gasteiger partial charge in [-0.2, -0.15) is 35.7 Å². The highest BCUT2D eigenvalue weighted by Gasteiger charge is 2.44. The first-order valence-electron chi connectivity index (χ1n) is 10.2. The number of aromatic nitrogens is 5. The standard InChI is InChI=1S/C21H14F7N5O3S/c1-2-37(34,35)15-9-12(11-4-3-5-13(8-11)36-21(27,28)17(22)23)10-29-16(15)14-6-7-33-19(30-14)31-18(32-33)20(24,25)26/h3-10,17H,2H2,1H3. The summed E-state index contributed by atoms with van der Waals surface area (Å²) in [5, 5.41) is 3.27. The molecular weight excluding hydrogens is 535 g/mol. The molecule has 16 heteroatoms. The first-order chi connectivity index (χ1) is 17.2. The Morgan fingerprint density at radius 3 is 2.41 bits per heavy atom. The van der Waals surface area contributed by atoms with Gasteiger partial charge in [-0.05, 0) is 29.8 Å². The third-order valence-corrected chi connectivity index (χ3v) is 6.69. The molecule has 0 bridgehead atoms. The van der Waals surface area contributed by atoms with Gasteiger partial charge >= 0.3 is 18.7 Å². The van der Waals surface area contributed by atoms with Crippen molar-refractivity contribution in [3.63, 3.8) is 0 Å². The van der Waals surface area contributed by atoms with Crippen molar-refractivity contribution in [1.82, 2.24) is 24.6 Å². The monoisotopic (exact) mass is 549 g/mol. The molecule has 0 spiro atoms. The molecule has 0 N–H and O–H groups in total. The quantitative estimate of drug-likeness (QED) is 0.303. The molecular formula is C21H14F7N5O3S. The van der Waals surface area contributed by atoms with E-state index in [4.69, 9.17) is 0 Å². The number of nitrogens with zero attached hydrogens (tertiary/aromatic N) is 5. The van der Waals surface area contributed by atoms with Gasteiger partial charge in [0.25, 0.3) is 11.6 Å². The lowest BCUT2D eigenvalue weighted by atomic mass is 10.1.